The molecule has 0 bridgehead atoms. The van der Waals surface area contributed by atoms with Crippen LogP contribution in [0.25, 0.3) is 0 Å². The molecule has 0 aliphatic carbocycles. The SMILES string of the molecule is C=CCCC/C=C/CC(N)c1ccccc1. The van der Waals surface area contributed by atoms with Gasteiger partial charge < -0.3 is 5.73 Å². The van der Waals surface area contributed by atoms with E-state index in [0.29, 0.717) is 0 Å². The Kier molecular flexibility index (Phi) is 6.28. The molecule has 0 saturated heterocycles. The molecule has 1 nitrogen and oxygen atoms in total. The lowest BCUT2D eigenvalue weighted by molar-refractivity contribution is 0.737. The fourth-order valence-electron chi connectivity index (χ4n) is 1.58. The van der Waals surface area contributed by atoms with E-state index in [1.807, 2.05) is 24.3 Å². The minimum Gasteiger partial charge on any atom is -0.324 e. The van der Waals surface area contributed by atoms with Gasteiger partial charge in [-0.05, 0) is 31.2 Å². The topological polar surface area (TPSA) is 26.0 Å². The van der Waals surface area contributed by atoms with Gasteiger partial charge >= 0.3 is 0 Å². The van der Waals surface area contributed by atoms with Crippen molar-refractivity contribution in [1.82, 2.24) is 0 Å². The van der Waals surface area contributed by atoms with Crippen LogP contribution in [-0.4, -0.2) is 0 Å². The summed E-state index contributed by atoms with van der Waals surface area (Å²) in [5.41, 5.74) is 7.28. The lowest BCUT2D eigenvalue weighted by Crippen LogP contribution is -2.08. The fraction of sp³-hybridized carbons (Fsp3) is 0.333. The van der Waals surface area contributed by atoms with E-state index in [1.54, 1.807) is 0 Å². The maximum atomic E-state index is 6.07. The van der Waals surface area contributed by atoms with E-state index in [0.717, 1.165) is 19.3 Å². The van der Waals surface area contributed by atoms with Gasteiger partial charge in [0.05, 0.1) is 0 Å². The first-order chi connectivity index (χ1) is 7.84. The van der Waals surface area contributed by atoms with Gasteiger partial charge in [0.1, 0.15) is 0 Å². The molecule has 1 aromatic carbocycles. The van der Waals surface area contributed by atoms with Crippen molar-refractivity contribution in [3.05, 3.63) is 60.7 Å². The second-order valence-corrected chi connectivity index (χ2v) is 3.94. The Labute approximate surface area is 98.7 Å². The molecule has 1 aromatic rings. The molecule has 16 heavy (non-hydrogen) atoms. The molecule has 0 saturated carbocycles. The van der Waals surface area contributed by atoms with Crippen molar-refractivity contribution in [3.63, 3.8) is 0 Å². The number of nitrogens with two attached hydrogens (primary N) is 1. The number of unbranched alkanes of at least 4 members (excludes halogenated alkanes) is 2. The summed E-state index contributed by atoms with van der Waals surface area (Å²) in [6.07, 6.45) is 10.7. The lowest BCUT2D eigenvalue weighted by Gasteiger charge is -2.08. The van der Waals surface area contributed by atoms with Gasteiger partial charge in [-0.3, -0.25) is 0 Å². The second-order valence-electron chi connectivity index (χ2n) is 3.94. The van der Waals surface area contributed by atoms with Crippen LogP contribution in [0.4, 0.5) is 0 Å². The van der Waals surface area contributed by atoms with E-state index < -0.39 is 0 Å². The molecule has 0 amide bonds. The fourth-order valence-corrected chi connectivity index (χ4v) is 1.58. The molecule has 2 N–H and O–H groups in total. The third-order valence-corrected chi connectivity index (χ3v) is 2.56. The van der Waals surface area contributed by atoms with Crippen molar-refractivity contribution in [2.75, 3.05) is 0 Å². The summed E-state index contributed by atoms with van der Waals surface area (Å²) in [7, 11) is 0. The third kappa shape index (κ3) is 4.94. The highest BCUT2D eigenvalue weighted by Gasteiger charge is 2.01. The summed E-state index contributed by atoms with van der Waals surface area (Å²) in [4.78, 5) is 0. The molecule has 1 unspecified atom stereocenters. The van der Waals surface area contributed by atoms with E-state index in [2.05, 4.69) is 30.9 Å². The zero-order chi connectivity index (χ0) is 11.6. The Hall–Kier alpha value is -1.34. The van der Waals surface area contributed by atoms with Crippen LogP contribution in [0.1, 0.15) is 37.3 Å². The Balaban J connectivity index is 2.25. The van der Waals surface area contributed by atoms with Crippen molar-refractivity contribution >= 4 is 0 Å². The normalized spacial score (nSPS) is 12.8. The monoisotopic (exact) mass is 215 g/mol. The van der Waals surface area contributed by atoms with Gasteiger partial charge in [-0.2, -0.15) is 0 Å². The van der Waals surface area contributed by atoms with Crippen molar-refractivity contribution in [2.24, 2.45) is 5.73 Å². The quantitative estimate of drug-likeness (QED) is 0.540. The van der Waals surface area contributed by atoms with E-state index in [4.69, 9.17) is 5.73 Å². The first-order valence-corrected chi connectivity index (χ1v) is 5.91. The summed E-state index contributed by atoms with van der Waals surface area (Å²) in [6, 6.07) is 10.4. The van der Waals surface area contributed by atoms with Gasteiger partial charge in [-0.1, -0.05) is 48.6 Å². The van der Waals surface area contributed by atoms with Crippen molar-refractivity contribution in [2.45, 2.75) is 31.7 Å². The molecule has 86 valence electrons. The van der Waals surface area contributed by atoms with Crippen LogP contribution >= 0.6 is 0 Å². The highest BCUT2D eigenvalue weighted by Crippen LogP contribution is 2.13. The zero-order valence-corrected chi connectivity index (χ0v) is 9.81. The molecule has 0 heterocycles. The van der Waals surface area contributed by atoms with Crippen LogP contribution in [0.2, 0.25) is 0 Å². The average molecular weight is 215 g/mol. The predicted molar refractivity (Wildman–Crippen MR) is 71.2 cm³/mol. The molecule has 0 radical (unpaired) electrons. The van der Waals surface area contributed by atoms with Crippen molar-refractivity contribution < 1.29 is 0 Å². The second kappa shape index (κ2) is 7.89. The summed E-state index contributed by atoms with van der Waals surface area (Å²) >= 11 is 0. The van der Waals surface area contributed by atoms with E-state index in [1.165, 1.54) is 12.0 Å². The molecule has 0 aliphatic rings. The van der Waals surface area contributed by atoms with Gasteiger partial charge in [0, 0.05) is 6.04 Å². The van der Waals surface area contributed by atoms with E-state index in [-0.39, 0.29) is 6.04 Å². The Bertz CT molecular complexity index is 313. The maximum absolute atomic E-state index is 6.07. The van der Waals surface area contributed by atoms with Gasteiger partial charge in [0.15, 0.2) is 0 Å². The Morgan fingerprint density at radius 1 is 1.12 bits per heavy atom. The average Bonchev–Trinajstić information content (AvgIpc) is 2.34. The molecule has 0 spiro atoms. The number of hydrogen-bond acceptors (Lipinski definition) is 1. The Morgan fingerprint density at radius 2 is 1.88 bits per heavy atom. The van der Waals surface area contributed by atoms with Crippen LogP contribution in [0.3, 0.4) is 0 Å². The van der Waals surface area contributed by atoms with Gasteiger partial charge in [-0.25, -0.2) is 0 Å². The third-order valence-electron chi connectivity index (χ3n) is 2.56. The zero-order valence-electron chi connectivity index (χ0n) is 9.81. The molecule has 1 heteroatoms. The van der Waals surface area contributed by atoms with Crippen LogP contribution in [0.5, 0.6) is 0 Å². The maximum Gasteiger partial charge on any atom is 0.0329 e. The Morgan fingerprint density at radius 3 is 2.56 bits per heavy atom. The predicted octanol–water partition coefficient (Wildman–Crippen LogP) is 3.99. The standard InChI is InChI=1S/C15H21N/c1-2-3-4-5-6-10-13-15(16)14-11-8-7-9-12-14/h2,6-12,15H,1,3-5,13,16H2/b10-6+. The van der Waals surface area contributed by atoms with Crippen molar-refractivity contribution in [3.8, 4) is 0 Å². The molecule has 1 atom stereocenters. The van der Waals surface area contributed by atoms with Crippen LogP contribution in [0, 0.1) is 0 Å². The number of rotatable bonds is 7. The highest BCUT2D eigenvalue weighted by molar-refractivity contribution is 5.19. The summed E-state index contributed by atoms with van der Waals surface area (Å²) < 4.78 is 0. The summed E-state index contributed by atoms with van der Waals surface area (Å²) in [5, 5.41) is 0. The molecular weight excluding hydrogens is 194 g/mol. The first kappa shape index (κ1) is 12.7. The number of benzene rings is 1. The molecule has 1 rings (SSSR count). The van der Waals surface area contributed by atoms with Gasteiger partial charge in [-0.15, -0.1) is 6.58 Å². The molecule has 0 aliphatic heterocycles. The smallest absolute Gasteiger partial charge is 0.0329 e. The van der Waals surface area contributed by atoms with Crippen LogP contribution in [0.15, 0.2) is 55.1 Å². The van der Waals surface area contributed by atoms with Crippen molar-refractivity contribution in [1.29, 1.82) is 0 Å². The van der Waals surface area contributed by atoms with Crippen LogP contribution in [-0.2, 0) is 0 Å². The summed E-state index contributed by atoms with van der Waals surface area (Å²) in [5.74, 6) is 0. The highest BCUT2D eigenvalue weighted by atomic mass is 14.6. The number of hydrogen-bond donors (Lipinski definition) is 1. The number of allylic oxidation sites excluding steroid dienone is 2. The lowest BCUT2D eigenvalue weighted by atomic mass is 10.0. The molecule has 0 fully saturated rings. The van der Waals surface area contributed by atoms with E-state index >= 15 is 0 Å². The van der Waals surface area contributed by atoms with Gasteiger partial charge in [0.2, 0.25) is 0 Å². The molecule has 0 aromatic heterocycles. The minimum absolute atomic E-state index is 0.122. The molecular formula is C15H21N. The minimum atomic E-state index is 0.122. The van der Waals surface area contributed by atoms with Crippen LogP contribution < -0.4 is 5.73 Å². The van der Waals surface area contributed by atoms with Gasteiger partial charge in [0.25, 0.3) is 0 Å². The first-order valence-electron chi connectivity index (χ1n) is 5.91. The van der Waals surface area contributed by atoms with E-state index in [9.17, 15) is 0 Å². The largest absolute Gasteiger partial charge is 0.324 e. The summed E-state index contributed by atoms with van der Waals surface area (Å²) in [6.45, 7) is 3.70.